The first-order valence-corrected chi connectivity index (χ1v) is 6.89. The molecule has 6 heteroatoms. The van der Waals surface area contributed by atoms with E-state index in [1.807, 2.05) is 31.2 Å². The quantitative estimate of drug-likeness (QED) is 0.803. The summed E-state index contributed by atoms with van der Waals surface area (Å²) >= 11 is 3.28. The fourth-order valence-corrected chi connectivity index (χ4v) is 1.83. The Morgan fingerprint density at radius 1 is 1.20 bits per heavy atom. The molecule has 0 aliphatic rings. The molecule has 0 aliphatic heterocycles. The zero-order valence-corrected chi connectivity index (χ0v) is 12.5. The van der Waals surface area contributed by atoms with Crippen molar-refractivity contribution in [2.24, 2.45) is 5.73 Å². The van der Waals surface area contributed by atoms with Crippen molar-refractivity contribution in [2.45, 2.75) is 13.0 Å². The Hall–Kier alpha value is -1.92. The number of hydrogen-bond acceptors (Lipinski definition) is 3. The Balaban J connectivity index is 1.95. The van der Waals surface area contributed by atoms with Gasteiger partial charge in [-0.25, -0.2) is 9.78 Å². The second kappa shape index (κ2) is 6.49. The number of benzene rings is 1. The van der Waals surface area contributed by atoms with Gasteiger partial charge in [-0.3, -0.25) is 5.32 Å². The van der Waals surface area contributed by atoms with Crippen LogP contribution in [0.4, 0.5) is 16.3 Å². The molecular formula is C14H15BrN4O. The van der Waals surface area contributed by atoms with Crippen molar-refractivity contribution in [3.8, 4) is 0 Å². The number of nitrogens with zero attached hydrogens (tertiary/aromatic N) is 1. The lowest BCUT2D eigenvalue weighted by atomic mass is 10.1. The fourth-order valence-electron chi connectivity index (χ4n) is 1.60. The van der Waals surface area contributed by atoms with Crippen LogP contribution in [0.15, 0.2) is 47.1 Å². The van der Waals surface area contributed by atoms with Crippen molar-refractivity contribution >= 4 is 33.5 Å². The third kappa shape index (κ3) is 4.04. The maximum absolute atomic E-state index is 11.8. The van der Waals surface area contributed by atoms with Crippen LogP contribution in [0.25, 0.3) is 0 Å². The van der Waals surface area contributed by atoms with Gasteiger partial charge in [0.2, 0.25) is 0 Å². The molecule has 104 valence electrons. The molecule has 0 fully saturated rings. The maximum Gasteiger partial charge on any atom is 0.324 e. The SMILES string of the molecule is CC(N)c1ccc(NC(=O)Nc2ccc(Br)cn2)cc1. The van der Waals surface area contributed by atoms with Crippen LogP contribution < -0.4 is 16.4 Å². The van der Waals surface area contributed by atoms with Crippen molar-refractivity contribution < 1.29 is 4.79 Å². The van der Waals surface area contributed by atoms with Gasteiger partial charge in [-0.1, -0.05) is 12.1 Å². The van der Waals surface area contributed by atoms with Crippen molar-refractivity contribution in [3.05, 3.63) is 52.6 Å². The average molecular weight is 335 g/mol. The number of carbonyl (C=O) groups is 1. The van der Waals surface area contributed by atoms with Crippen LogP contribution in [0, 0.1) is 0 Å². The van der Waals surface area contributed by atoms with Gasteiger partial charge < -0.3 is 11.1 Å². The summed E-state index contributed by atoms with van der Waals surface area (Å²) in [6.45, 7) is 1.91. The third-order valence-corrected chi connectivity index (χ3v) is 3.13. The fraction of sp³-hybridized carbons (Fsp3) is 0.143. The van der Waals surface area contributed by atoms with Gasteiger partial charge in [0, 0.05) is 22.4 Å². The second-order valence-electron chi connectivity index (χ2n) is 4.35. The number of carbonyl (C=O) groups excluding carboxylic acids is 1. The van der Waals surface area contributed by atoms with Crippen LogP contribution in [0.2, 0.25) is 0 Å². The molecule has 1 heterocycles. The number of anilines is 2. The van der Waals surface area contributed by atoms with E-state index in [1.165, 1.54) is 0 Å². The number of urea groups is 1. The van der Waals surface area contributed by atoms with Crippen molar-refractivity contribution in [3.63, 3.8) is 0 Å². The summed E-state index contributed by atoms with van der Waals surface area (Å²) in [5.74, 6) is 0.484. The van der Waals surface area contributed by atoms with E-state index < -0.39 is 0 Å². The number of nitrogens with one attached hydrogen (secondary N) is 2. The van der Waals surface area contributed by atoms with Crippen LogP contribution in [-0.4, -0.2) is 11.0 Å². The number of nitrogens with two attached hydrogens (primary N) is 1. The second-order valence-corrected chi connectivity index (χ2v) is 5.27. The van der Waals surface area contributed by atoms with E-state index in [4.69, 9.17) is 5.73 Å². The maximum atomic E-state index is 11.8. The third-order valence-electron chi connectivity index (χ3n) is 2.66. The molecule has 0 saturated heterocycles. The number of pyridine rings is 1. The van der Waals surface area contributed by atoms with Crippen molar-refractivity contribution in [1.29, 1.82) is 0 Å². The molecule has 0 aliphatic carbocycles. The van der Waals surface area contributed by atoms with Gasteiger partial charge in [0.1, 0.15) is 5.82 Å². The molecule has 1 aromatic heterocycles. The molecule has 2 amide bonds. The van der Waals surface area contributed by atoms with Crippen LogP contribution in [0.3, 0.4) is 0 Å². The highest BCUT2D eigenvalue weighted by Crippen LogP contribution is 2.15. The molecule has 1 atom stereocenters. The topological polar surface area (TPSA) is 80.0 Å². The lowest BCUT2D eigenvalue weighted by Crippen LogP contribution is -2.20. The molecule has 1 aromatic carbocycles. The van der Waals surface area contributed by atoms with Crippen molar-refractivity contribution in [2.75, 3.05) is 10.6 Å². The molecule has 0 spiro atoms. The molecule has 0 radical (unpaired) electrons. The Labute approximate surface area is 125 Å². The van der Waals surface area contributed by atoms with Gasteiger partial charge in [0.25, 0.3) is 0 Å². The van der Waals surface area contributed by atoms with Gasteiger partial charge in [0.15, 0.2) is 0 Å². The molecular weight excluding hydrogens is 320 g/mol. The van der Waals surface area contributed by atoms with Crippen LogP contribution in [-0.2, 0) is 0 Å². The molecule has 4 N–H and O–H groups in total. The number of aromatic nitrogens is 1. The first kappa shape index (κ1) is 14.5. The Morgan fingerprint density at radius 3 is 2.45 bits per heavy atom. The molecule has 2 aromatic rings. The minimum absolute atomic E-state index is 0.0233. The van der Waals surface area contributed by atoms with Gasteiger partial charge in [0.05, 0.1) is 0 Å². The first-order valence-electron chi connectivity index (χ1n) is 6.09. The van der Waals surface area contributed by atoms with Crippen LogP contribution in [0.5, 0.6) is 0 Å². The first-order chi connectivity index (χ1) is 9.54. The zero-order valence-electron chi connectivity index (χ0n) is 10.9. The van der Waals surface area contributed by atoms with E-state index in [9.17, 15) is 4.79 Å². The van der Waals surface area contributed by atoms with E-state index in [0.29, 0.717) is 11.5 Å². The zero-order chi connectivity index (χ0) is 14.5. The summed E-state index contributed by atoms with van der Waals surface area (Å²) in [7, 11) is 0. The summed E-state index contributed by atoms with van der Waals surface area (Å²) in [5.41, 5.74) is 7.48. The van der Waals surface area contributed by atoms with Crippen LogP contribution >= 0.6 is 15.9 Å². The van der Waals surface area contributed by atoms with E-state index >= 15 is 0 Å². The lowest BCUT2D eigenvalue weighted by molar-refractivity contribution is 0.262. The highest BCUT2D eigenvalue weighted by atomic mass is 79.9. The largest absolute Gasteiger partial charge is 0.324 e. The normalized spacial score (nSPS) is 11.8. The molecule has 0 saturated carbocycles. The van der Waals surface area contributed by atoms with Gasteiger partial charge in [-0.05, 0) is 52.7 Å². The molecule has 5 nitrogen and oxygen atoms in total. The Morgan fingerprint density at radius 2 is 1.90 bits per heavy atom. The van der Waals surface area contributed by atoms with E-state index in [2.05, 4.69) is 31.5 Å². The van der Waals surface area contributed by atoms with Crippen LogP contribution in [0.1, 0.15) is 18.5 Å². The summed E-state index contributed by atoms with van der Waals surface area (Å²) in [6.07, 6.45) is 1.62. The van der Waals surface area contributed by atoms with Gasteiger partial charge >= 0.3 is 6.03 Å². The minimum atomic E-state index is -0.339. The summed E-state index contributed by atoms with van der Waals surface area (Å²) in [5, 5.41) is 5.38. The minimum Gasteiger partial charge on any atom is -0.324 e. The standard InChI is InChI=1S/C14H15BrN4O/c1-9(16)10-2-5-12(6-3-10)18-14(20)19-13-7-4-11(15)8-17-13/h2-9H,16H2,1H3,(H2,17,18,19,20). The van der Waals surface area contributed by atoms with E-state index in [0.717, 1.165) is 10.0 Å². The molecule has 20 heavy (non-hydrogen) atoms. The number of rotatable bonds is 3. The number of halogens is 1. The lowest BCUT2D eigenvalue weighted by Gasteiger charge is -2.09. The Kier molecular flexibility index (Phi) is 4.70. The molecule has 2 rings (SSSR count). The molecule has 0 bridgehead atoms. The molecule has 1 unspecified atom stereocenters. The van der Waals surface area contributed by atoms with Gasteiger partial charge in [-0.2, -0.15) is 0 Å². The average Bonchev–Trinajstić information content (AvgIpc) is 2.42. The predicted molar refractivity (Wildman–Crippen MR) is 83.6 cm³/mol. The summed E-state index contributed by atoms with van der Waals surface area (Å²) < 4.78 is 0.856. The highest BCUT2D eigenvalue weighted by Gasteiger charge is 2.04. The van der Waals surface area contributed by atoms with Gasteiger partial charge in [-0.15, -0.1) is 0 Å². The highest BCUT2D eigenvalue weighted by molar-refractivity contribution is 9.10. The van der Waals surface area contributed by atoms with E-state index in [1.54, 1.807) is 18.3 Å². The smallest absolute Gasteiger partial charge is 0.324 e. The summed E-state index contributed by atoms with van der Waals surface area (Å²) in [4.78, 5) is 15.8. The number of amides is 2. The van der Waals surface area contributed by atoms with E-state index in [-0.39, 0.29) is 12.1 Å². The number of hydrogen-bond donors (Lipinski definition) is 3. The Bertz CT molecular complexity index is 581. The monoisotopic (exact) mass is 334 g/mol. The summed E-state index contributed by atoms with van der Waals surface area (Å²) in [6, 6.07) is 10.6. The van der Waals surface area contributed by atoms with Crippen molar-refractivity contribution in [1.82, 2.24) is 4.98 Å². The predicted octanol–water partition coefficient (Wildman–Crippen LogP) is 3.51.